The summed E-state index contributed by atoms with van der Waals surface area (Å²) in [6, 6.07) is 1.90. The molecule has 0 N–H and O–H groups in total. The number of anilines is 1. The first kappa shape index (κ1) is 16.4. The monoisotopic (exact) mass is 322 g/mol. The molecular formula is C14H18ClF3N2O. The van der Waals surface area contributed by atoms with Crippen LogP contribution in [0.15, 0.2) is 12.1 Å². The zero-order valence-electron chi connectivity index (χ0n) is 11.8. The van der Waals surface area contributed by atoms with Gasteiger partial charge in [-0.25, -0.2) is 4.98 Å². The molecule has 1 saturated heterocycles. The molecule has 1 atom stereocenters. The molecule has 118 valence electrons. The molecule has 1 aliphatic heterocycles. The zero-order chi connectivity index (χ0) is 15.5. The molecule has 7 heteroatoms. The minimum Gasteiger partial charge on any atom is -0.376 e. The summed E-state index contributed by atoms with van der Waals surface area (Å²) >= 11 is 5.73. The molecule has 21 heavy (non-hydrogen) atoms. The van der Waals surface area contributed by atoms with Crippen LogP contribution in [0.25, 0.3) is 0 Å². The van der Waals surface area contributed by atoms with Crippen LogP contribution in [0.5, 0.6) is 0 Å². The van der Waals surface area contributed by atoms with Gasteiger partial charge in [-0.05, 0) is 31.4 Å². The molecule has 1 fully saturated rings. The van der Waals surface area contributed by atoms with Gasteiger partial charge in [0.15, 0.2) is 0 Å². The van der Waals surface area contributed by atoms with Crippen molar-refractivity contribution in [3.05, 3.63) is 22.8 Å². The van der Waals surface area contributed by atoms with E-state index in [1.807, 2.05) is 11.8 Å². The van der Waals surface area contributed by atoms with Gasteiger partial charge in [0, 0.05) is 19.7 Å². The number of rotatable bonds is 4. The Labute approximate surface area is 127 Å². The van der Waals surface area contributed by atoms with E-state index < -0.39 is 11.7 Å². The average Bonchev–Trinajstić information content (AvgIpc) is 2.44. The molecule has 0 aromatic carbocycles. The van der Waals surface area contributed by atoms with Crippen molar-refractivity contribution in [3.8, 4) is 0 Å². The number of alkyl halides is 3. The summed E-state index contributed by atoms with van der Waals surface area (Å²) in [6.45, 7) is 3.89. The molecule has 1 aliphatic rings. The Balaban J connectivity index is 2.15. The third kappa shape index (κ3) is 4.48. The minimum absolute atomic E-state index is 0.0359. The number of aromatic nitrogens is 1. The number of halogens is 4. The average molecular weight is 323 g/mol. The summed E-state index contributed by atoms with van der Waals surface area (Å²) in [4.78, 5) is 5.83. The van der Waals surface area contributed by atoms with Crippen LogP contribution in [0.4, 0.5) is 19.0 Å². The molecule has 0 saturated carbocycles. The Morgan fingerprint density at radius 1 is 1.43 bits per heavy atom. The van der Waals surface area contributed by atoms with Crippen LogP contribution in [-0.4, -0.2) is 30.8 Å². The van der Waals surface area contributed by atoms with Crippen LogP contribution in [0.3, 0.4) is 0 Å². The highest BCUT2D eigenvalue weighted by molar-refractivity contribution is 6.29. The van der Waals surface area contributed by atoms with E-state index in [1.54, 1.807) is 0 Å². The Morgan fingerprint density at radius 3 is 2.86 bits per heavy atom. The summed E-state index contributed by atoms with van der Waals surface area (Å²) in [5.41, 5.74) is -0.769. The van der Waals surface area contributed by atoms with Gasteiger partial charge in [-0.15, -0.1) is 0 Å². The van der Waals surface area contributed by atoms with E-state index in [-0.39, 0.29) is 17.1 Å². The number of pyridine rings is 1. The maximum atomic E-state index is 12.8. The predicted molar refractivity (Wildman–Crippen MR) is 75.7 cm³/mol. The lowest BCUT2D eigenvalue weighted by molar-refractivity contribution is -0.137. The van der Waals surface area contributed by atoms with E-state index in [9.17, 15) is 13.2 Å². The molecule has 0 aliphatic carbocycles. The Kier molecular flexibility index (Phi) is 5.32. The Hall–Kier alpha value is -1.01. The molecule has 0 radical (unpaired) electrons. The van der Waals surface area contributed by atoms with E-state index in [0.29, 0.717) is 19.7 Å². The standard InChI is InChI=1S/C14H18ClF3N2O/c1-2-6-21-11-4-3-5-20(9-11)13-8-10(14(16,17)18)7-12(15)19-13/h7-8,11H,2-6,9H2,1H3. The summed E-state index contributed by atoms with van der Waals surface area (Å²) in [5.74, 6) is 0.264. The number of hydrogen-bond donors (Lipinski definition) is 0. The van der Waals surface area contributed by atoms with Gasteiger partial charge < -0.3 is 9.64 Å². The molecular weight excluding hydrogens is 305 g/mol. The molecule has 0 spiro atoms. The third-order valence-corrected chi connectivity index (χ3v) is 3.56. The third-order valence-electron chi connectivity index (χ3n) is 3.37. The van der Waals surface area contributed by atoms with Crippen LogP contribution in [0.1, 0.15) is 31.7 Å². The fourth-order valence-corrected chi connectivity index (χ4v) is 2.58. The molecule has 1 aromatic heterocycles. The van der Waals surface area contributed by atoms with Crippen molar-refractivity contribution in [1.82, 2.24) is 4.98 Å². The van der Waals surface area contributed by atoms with Crippen molar-refractivity contribution in [2.24, 2.45) is 0 Å². The fourth-order valence-electron chi connectivity index (χ4n) is 2.38. The van der Waals surface area contributed by atoms with Crippen LogP contribution in [0.2, 0.25) is 5.15 Å². The van der Waals surface area contributed by atoms with Crippen LogP contribution in [0, 0.1) is 0 Å². The summed E-state index contributed by atoms with van der Waals surface area (Å²) in [5, 5.41) is -0.142. The highest BCUT2D eigenvalue weighted by Crippen LogP contribution is 2.33. The first-order chi connectivity index (χ1) is 9.90. The van der Waals surface area contributed by atoms with E-state index in [4.69, 9.17) is 16.3 Å². The van der Waals surface area contributed by atoms with Gasteiger partial charge in [0.05, 0.1) is 11.7 Å². The highest BCUT2D eigenvalue weighted by atomic mass is 35.5. The van der Waals surface area contributed by atoms with Gasteiger partial charge in [-0.2, -0.15) is 13.2 Å². The van der Waals surface area contributed by atoms with Crippen molar-refractivity contribution in [3.63, 3.8) is 0 Å². The molecule has 0 amide bonds. The summed E-state index contributed by atoms with van der Waals surface area (Å²) in [6.07, 6.45) is -1.68. The van der Waals surface area contributed by atoms with Crippen molar-refractivity contribution in [2.75, 3.05) is 24.6 Å². The van der Waals surface area contributed by atoms with E-state index in [2.05, 4.69) is 4.98 Å². The summed E-state index contributed by atoms with van der Waals surface area (Å²) < 4.78 is 44.2. The summed E-state index contributed by atoms with van der Waals surface area (Å²) in [7, 11) is 0. The van der Waals surface area contributed by atoms with Gasteiger partial charge in [0.2, 0.25) is 0 Å². The topological polar surface area (TPSA) is 25.4 Å². The number of nitrogens with zero attached hydrogens (tertiary/aromatic N) is 2. The van der Waals surface area contributed by atoms with Crippen LogP contribution < -0.4 is 4.90 Å². The maximum Gasteiger partial charge on any atom is 0.416 e. The quantitative estimate of drug-likeness (QED) is 0.779. The highest BCUT2D eigenvalue weighted by Gasteiger charge is 2.32. The predicted octanol–water partition coefficient (Wildman–Crippen LogP) is 4.15. The molecule has 3 nitrogen and oxygen atoms in total. The van der Waals surface area contributed by atoms with Gasteiger partial charge in [-0.3, -0.25) is 0 Å². The van der Waals surface area contributed by atoms with E-state index in [0.717, 1.165) is 31.4 Å². The van der Waals surface area contributed by atoms with Gasteiger partial charge in [-0.1, -0.05) is 18.5 Å². The van der Waals surface area contributed by atoms with Gasteiger partial charge in [0.1, 0.15) is 11.0 Å². The largest absolute Gasteiger partial charge is 0.416 e. The Bertz CT molecular complexity index is 482. The number of piperidine rings is 1. The number of ether oxygens (including phenoxy) is 1. The Morgan fingerprint density at radius 2 is 2.19 bits per heavy atom. The van der Waals surface area contributed by atoms with Gasteiger partial charge in [0.25, 0.3) is 0 Å². The van der Waals surface area contributed by atoms with Crippen molar-refractivity contribution < 1.29 is 17.9 Å². The maximum absolute atomic E-state index is 12.8. The second-order valence-corrected chi connectivity index (χ2v) is 5.50. The van der Waals surface area contributed by atoms with Gasteiger partial charge >= 0.3 is 6.18 Å². The number of hydrogen-bond acceptors (Lipinski definition) is 3. The molecule has 2 rings (SSSR count). The second-order valence-electron chi connectivity index (χ2n) is 5.12. The molecule has 1 unspecified atom stereocenters. The van der Waals surface area contributed by atoms with Crippen molar-refractivity contribution >= 4 is 17.4 Å². The van der Waals surface area contributed by atoms with E-state index >= 15 is 0 Å². The zero-order valence-corrected chi connectivity index (χ0v) is 12.5. The van der Waals surface area contributed by atoms with Crippen LogP contribution >= 0.6 is 11.6 Å². The molecule has 2 heterocycles. The molecule has 1 aromatic rings. The van der Waals surface area contributed by atoms with Crippen molar-refractivity contribution in [2.45, 2.75) is 38.5 Å². The normalized spacial score (nSPS) is 19.9. The lowest BCUT2D eigenvalue weighted by Gasteiger charge is -2.33. The lowest BCUT2D eigenvalue weighted by Crippen LogP contribution is -2.40. The first-order valence-corrected chi connectivity index (χ1v) is 7.39. The van der Waals surface area contributed by atoms with Crippen molar-refractivity contribution in [1.29, 1.82) is 0 Å². The van der Waals surface area contributed by atoms with E-state index in [1.165, 1.54) is 0 Å². The SMILES string of the molecule is CCCOC1CCCN(c2cc(C(F)(F)F)cc(Cl)n2)C1. The molecule has 0 bridgehead atoms. The minimum atomic E-state index is -4.42. The smallest absolute Gasteiger partial charge is 0.376 e. The lowest BCUT2D eigenvalue weighted by atomic mass is 10.1. The second kappa shape index (κ2) is 6.83. The first-order valence-electron chi connectivity index (χ1n) is 7.01. The van der Waals surface area contributed by atoms with Crippen LogP contribution in [-0.2, 0) is 10.9 Å². The fraction of sp³-hybridized carbons (Fsp3) is 0.643.